The van der Waals surface area contributed by atoms with E-state index < -0.39 is 13.1 Å². The molecule has 0 saturated heterocycles. The molecule has 0 fully saturated rings. The fourth-order valence-corrected chi connectivity index (χ4v) is 1.66. The molecule has 0 bridgehead atoms. The van der Waals surface area contributed by atoms with E-state index in [0.29, 0.717) is 10.3 Å². The summed E-state index contributed by atoms with van der Waals surface area (Å²) in [5, 5.41) is 19.6. The fraction of sp³-hybridized carbons (Fsp3) is 0.125. The summed E-state index contributed by atoms with van der Waals surface area (Å²) in [5.74, 6) is -0.477. The molecule has 1 aromatic rings. The first-order chi connectivity index (χ1) is 6.65. The lowest BCUT2D eigenvalue weighted by Gasteiger charge is -1.96. The molecule has 0 atom stereocenters. The maximum Gasteiger partial charge on any atom is 0.499 e. The summed E-state index contributed by atoms with van der Waals surface area (Å²) in [6.07, 6.45) is 2.71. The molecule has 6 heteroatoms. The first-order valence-corrected chi connectivity index (χ1v) is 4.72. The highest BCUT2D eigenvalue weighted by atomic mass is 32.1. The van der Waals surface area contributed by atoms with Crippen molar-refractivity contribution in [2.24, 2.45) is 0 Å². The maximum atomic E-state index is 10.8. The van der Waals surface area contributed by atoms with E-state index in [4.69, 9.17) is 10.0 Å². The number of hydrogen-bond acceptors (Lipinski definition) is 5. The SMILES string of the molecule is COC(=O)/C=C/c1ccsc1B(O)O. The molecule has 0 amide bonds. The van der Waals surface area contributed by atoms with Crippen molar-refractivity contribution in [2.45, 2.75) is 0 Å². The Morgan fingerprint density at radius 3 is 2.93 bits per heavy atom. The minimum Gasteiger partial charge on any atom is -0.466 e. The molecule has 0 aliphatic rings. The molecule has 0 unspecified atom stereocenters. The molecule has 0 aromatic carbocycles. The third-order valence-corrected chi connectivity index (χ3v) is 2.53. The molecule has 0 aliphatic heterocycles. The molecule has 74 valence electrons. The van der Waals surface area contributed by atoms with Gasteiger partial charge >= 0.3 is 13.1 Å². The van der Waals surface area contributed by atoms with Crippen LogP contribution in [-0.2, 0) is 9.53 Å². The van der Waals surface area contributed by atoms with Crippen LogP contribution in [0.15, 0.2) is 17.5 Å². The zero-order valence-corrected chi connectivity index (χ0v) is 8.32. The smallest absolute Gasteiger partial charge is 0.466 e. The highest BCUT2D eigenvalue weighted by Crippen LogP contribution is 2.06. The first-order valence-electron chi connectivity index (χ1n) is 3.84. The normalized spacial score (nSPS) is 10.5. The summed E-state index contributed by atoms with van der Waals surface area (Å²) in [4.78, 5) is 10.8. The van der Waals surface area contributed by atoms with Gasteiger partial charge in [0.25, 0.3) is 0 Å². The van der Waals surface area contributed by atoms with E-state index in [1.807, 2.05) is 0 Å². The van der Waals surface area contributed by atoms with E-state index in [-0.39, 0.29) is 0 Å². The van der Waals surface area contributed by atoms with Gasteiger partial charge in [-0.2, -0.15) is 11.3 Å². The third kappa shape index (κ3) is 2.70. The second kappa shape index (κ2) is 4.95. The van der Waals surface area contributed by atoms with Gasteiger partial charge in [-0.25, -0.2) is 4.79 Å². The number of rotatable bonds is 3. The lowest BCUT2D eigenvalue weighted by molar-refractivity contribution is -0.134. The van der Waals surface area contributed by atoms with Gasteiger partial charge in [0.2, 0.25) is 0 Å². The summed E-state index contributed by atoms with van der Waals surface area (Å²) >= 11 is 1.21. The van der Waals surface area contributed by atoms with Crippen molar-refractivity contribution < 1.29 is 19.6 Å². The number of carbonyl (C=O) groups is 1. The second-order valence-electron chi connectivity index (χ2n) is 2.47. The molecule has 1 rings (SSSR count). The monoisotopic (exact) mass is 212 g/mol. The van der Waals surface area contributed by atoms with Crippen LogP contribution in [0.5, 0.6) is 0 Å². The number of ether oxygens (including phenoxy) is 1. The third-order valence-electron chi connectivity index (χ3n) is 1.56. The van der Waals surface area contributed by atoms with Gasteiger partial charge in [-0.05, 0) is 23.1 Å². The summed E-state index contributed by atoms with van der Waals surface area (Å²) < 4.78 is 4.81. The van der Waals surface area contributed by atoms with Crippen LogP contribution in [-0.4, -0.2) is 30.2 Å². The van der Waals surface area contributed by atoms with Crippen molar-refractivity contribution in [1.29, 1.82) is 0 Å². The van der Waals surface area contributed by atoms with Gasteiger partial charge in [0.1, 0.15) is 0 Å². The van der Waals surface area contributed by atoms with Crippen LogP contribution in [0.3, 0.4) is 0 Å². The molecule has 0 saturated carbocycles. The predicted octanol–water partition coefficient (Wildman–Crippen LogP) is -0.386. The van der Waals surface area contributed by atoms with E-state index in [1.54, 1.807) is 11.4 Å². The predicted molar refractivity (Wildman–Crippen MR) is 55.2 cm³/mol. The van der Waals surface area contributed by atoms with Crippen LogP contribution in [0.1, 0.15) is 5.56 Å². The second-order valence-corrected chi connectivity index (χ2v) is 3.42. The lowest BCUT2D eigenvalue weighted by Crippen LogP contribution is -2.28. The van der Waals surface area contributed by atoms with Crippen LogP contribution in [0.2, 0.25) is 0 Å². The minimum atomic E-state index is -1.51. The lowest BCUT2D eigenvalue weighted by atomic mass is 9.86. The van der Waals surface area contributed by atoms with Crippen molar-refractivity contribution in [3.05, 3.63) is 23.1 Å². The van der Waals surface area contributed by atoms with Gasteiger partial charge in [-0.15, -0.1) is 0 Å². The van der Waals surface area contributed by atoms with Gasteiger partial charge in [-0.1, -0.05) is 0 Å². The van der Waals surface area contributed by atoms with Crippen LogP contribution >= 0.6 is 11.3 Å². The van der Waals surface area contributed by atoms with Crippen molar-refractivity contribution in [1.82, 2.24) is 0 Å². The van der Waals surface area contributed by atoms with Crippen LogP contribution in [0.4, 0.5) is 0 Å². The van der Waals surface area contributed by atoms with Gasteiger partial charge in [-0.3, -0.25) is 0 Å². The number of hydrogen-bond donors (Lipinski definition) is 2. The summed E-state index contributed by atoms with van der Waals surface area (Å²) in [7, 11) is -0.227. The number of carbonyl (C=O) groups excluding carboxylic acids is 1. The number of esters is 1. The van der Waals surface area contributed by atoms with Gasteiger partial charge in [0, 0.05) is 10.9 Å². The average Bonchev–Trinajstić information content (AvgIpc) is 2.62. The molecule has 0 radical (unpaired) electrons. The Kier molecular flexibility index (Phi) is 3.88. The average molecular weight is 212 g/mol. The first kappa shape index (κ1) is 11.0. The van der Waals surface area contributed by atoms with Crippen LogP contribution in [0.25, 0.3) is 6.08 Å². The molecule has 4 nitrogen and oxygen atoms in total. The molecular formula is C8H9BO4S. The molecule has 14 heavy (non-hydrogen) atoms. The molecule has 0 spiro atoms. The Balaban J connectivity index is 2.81. The van der Waals surface area contributed by atoms with Gasteiger partial charge in [0.15, 0.2) is 0 Å². The topological polar surface area (TPSA) is 66.8 Å². The van der Waals surface area contributed by atoms with Crippen molar-refractivity contribution in [3.8, 4) is 0 Å². The van der Waals surface area contributed by atoms with Crippen LogP contribution in [0, 0.1) is 0 Å². The van der Waals surface area contributed by atoms with Gasteiger partial charge < -0.3 is 14.8 Å². The summed E-state index contributed by atoms with van der Waals surface area (Å²) in [5.41, 5.74) is 0.607. The quantitative estimate of drug-likeness (QED) is 0.407. The Morgan fingerprint density at radius 2 is 2.36 bits per heavy atom. The minimum absolute atomic E-state index is 0.408. The van der Waals surface area contributed by atoms with Crippen molar-refractivity contribution >= 4 is 35.3 Å². The molecule has 1 heterocycles. The standard InChI is InChI=1S/C8H9BO4S/c1-13-7(10)3-2-6-4-5-14-8(6)9(11)12/h2-5,11-12H,1H3/b3-2+. The molecule has 2 N–H and O–H groups in total. The molecule has 0 aliphatic carbocycles. The highest BCUT2D eigenvalue weighted by Gasteiger charge is 2.15. The fourth-order valence-electron chi connectivity index (χ4n) is 0.904. The Hall–Kier alpha value is -1.11. The Bertz CT molecular complexity index is 345. The van der Waals surface area contributed by atoms with Crippen molar-refractivity contribution in [3.63, 3.8) is 0 Å². The van der Waals surface area contributed by atoms with E-state index in [9.17, 15) is 4.79 Å². The maximum absolute atomic E-state index is 10.8. The molecule has 1 aromatic heterocycles. The zero-order chi connectivity index (χ0) is 10.6. The Morgan fingerprint density at radius 1 is 1.64 bits per heavy atom. The molecular weight excluding hydrogens is 203 g/mol. The van der Waals surface area contributed by atoms with E-state index in [1.165, 1.54) is 30.6 Å². The largest absolute Gasteiger partial charge is 0.499 e. The number of thiophene rings is 1. The highest BCUT2D eigenvalue weighted by molar-refractivity contribution is 7.20. The summed E-state index contributed by atoms with van der Waals surface area (Å²) in [6, 6.07) is 1.69. The van der Waals surface area contributed by atoms with Crippen molar-refractivity contribution in [2.75, 3.05) is 7.11 Å². The number of methoxy groups -OCH3 is 1. The van der Waals surface area contributed by atoms with E-state index >= 15 is 0 Å². The zero-order valence-electron chi connectivity index (χ0n) is 7.51. The van der Waals surface area contributed by atoms with E-state index in [2.05, 4.69) is 4.74 Å². The summed E-state index contributed by atoms with van der Waals surface area (Å²) in [6.45, 7) is 0. The van der Waals surface area contributed by atoms with E-state index in [0.717, 1.165) is 0 Å². The Labute approximate surface area is 85.6 Å². The van der Waals surface area contributed by atoms with Crippen LogP contribution < -0.4 is 4.78 Å². The van der Waals surface area contributed by atoms with Gasteiger partial charge in [0.05, 0.1) is 7.11 Å².